The zero-order chi connectivity index (χ0) is 14.5. The number of aromatic carboxylic acids is 1. The quantitative estimate of drug-likeness (QED) is 0.844. The first-order chi connectivity index (χ1) is 9.67. The zero-order valence-electron chi connectivity index (χ0n) is 11.4. The smallest absolute Gasteiger partial charge is 0.354 e. The van der Waals surface area contributed by atoms with Crippen LogP contribution in [-0.4, -0.2) is 40.9 Å². The highest BCUT2D eigenvalue weighted by atomic mass is 16.4. The van der Waals surface area contributed by atoms with Crippen LogP contribution in [0.25, 0.3) is 10.8 Å². The lowest BCUT2D eigenvalue weighted by Gasteiger charge is -2.23. The SMILES string of the molecule is CCN(CCCO)c1nc(C(=O)O)cc2ccccc12. The number of hydrogen-bond acceptors (Lipinski definition) is 4. The highest BCUT2D eigenvalue weighted by Crippen LogP contribution is 2.26. The highest BCUT2D eigenvalue weighted by molar-refractivity contribution is 5.98. The number of anilines is 1. The molecule has 1 aromatic heterocycles. The summed E-state index contributed by atoms with van der Waals surface area (Å²) in [5.74, 6) is -0.369. The zero-order valence-corrected chi connectivity index (χ0v) is 11.4. The van der Waals surface area contributed by atoms with Crippen molar-refractivity contribution in [1.82, 2.24) is 4.98 Å². The molecule has 0 atom stereocenters. The second-order valence-electron chi connectivity index (χ2n) is 4.51. The van der Waals surface area contributed by atoms with Crippen LogP contribution in [0.4, 0.5) is 5.82 Å². The Morgan fingerprint density at radius 1 is 1.35 bits per heavy atom. The minimum absolute atomic E-state index is 0.0427. The fraction of sp³-hybridized carbons (Fsp3) is 0.333. The van der Waals surface area contributed by atoms with Gasteiger partial charge >= 0.3 is 5.97 Å². The topological polar surface area (TPSA) is 73.7 Å². The molecule has 1 aromatic carbocycles. The van der Waals surface area contributed by atoms with Crippen molar-refractivity contribution >= 4 is 22.6 Å². The van der Waals surface area contributed by atoms with E-state index in [2.05, 4.69) is 4.98 Å². The summed E-state index contributed by atoms with van der Waals surface area (Å²) in [6.07, 6.45) is 0.626. The lowest BCUT2D eigenvalue weighted by Crippen LogP contribution is -2.26. The van der Waals surface area contributed by atoms with E-state index in [1.54, 1.807) is 6.07 Å². The van der Waals surface area contributed by atoms with E-state index < -0.39 is 5.97 Å². The highest BCUT2D eigenvalue weighted by Gasteiger charge is 2.14. The Hall–Kier alpha value is -2.14. The van der Waals surface area contributed by atoms with Gasteiger partial charge in [-0.3, -0.25) is 0 Å². The van der Waals surface area contributed by atoms with Crippen LogP contribution in [0.5, 0.6) is 0 Å². The predicted molar refractivity (Wildman–Crippen MR) is 78.3 cm³/mol. The fourth-order valence-electron chi connectivity index (χ4n) is 2.21. The molecule has 2 rings (SSSR count). The Labute approximate surface area is 117 Å². The molecule has 0 fully saturated rings. The van der Waals surface area contributed by atoms with E-state index >= 15 is 0 Å². The van der Waals surface area contributed by atoms with Crippen LogP contribution in [-0.2, 0) is 0 Å². The van der Waals surface area contributed by atoms with E-state index in [9.17, 15) is 9.90 Å². The predicted octanol–water partition coefficient (Wildman–Crippen LogP) is 2.14. The number of carbonyl (C=O) groups is 1. The monoisotopic (exact) mass is 274 g/mol. The molecule has 5 heteroatoms. The molecular formula is C15H18N2O3. The van der Waals surface area contributed by atoms with E-state index in [4.69, 9.17) is 5.11 Å². The molecule has 0 amide bonds. The molecule has 0 bridgehead atoms. The Balaban J connectivity index is 2.56. The number of carboxylic acid groups (broad SMARTS) is 1. The van der Waals surface area contributed by atoms with Gasteiger partial charge in [-0.25, -0.2) is 9.78 Å². The van der Waals surface area contributed by atoms with Gasteiger partial charge in [0.05, 0.1) is 0 Å². The molecule has 106 valence electrons. The summed E-state index contributed by atoms with van der Waals surface area (Å²) in [4.78, 5) is 17.5. The summed E-state index contributed by atoms with van der Waals surface area (Å²) in [7, 11) is 0. The minimum atomic E-state index is -1.03. The fourth-order valence-corrected chi connectivity index (χ4v) is 2.21. The van der Waals surface area contributed by atoms with Crippen LogP contribution >= 0.6 is 0 Å². The molecule has 0 aliphatic rings. The van der Waals surface area contributed by atoms with E-state index in [0.29, 0.717) is 25.3 Å². The van der Waals surface area contributed by atoms with Crippen molar-refractivity contribution in [2.24, 2.45) is 0 Å². The third-order valence-corrected chi connectivity index (χ3v) is 3.21. The van der Waals surface area contributed by atoms with Crippen LogP contribution in [0.2, 0.25) is 0 Å². The van der Waals surface area contributed by atoms with Crippen LogP contribution in [0.15, 0.2) is 30.3 Å². The molecule has 2 N–H and O–H groups in total. The summed E-state index contributed by atoms with van der Waals surface area (Å²) in [5, 5.41) is 19.9. The van der Waals surface area contributed by atoms with Gasteiger partial charge in [-0.2, -0.15) is 0 Å². The van der Waals surface area contributed by atoms with Crippen LogP contribution < -0.4 is 4.90 Å². The maximum atomic E-state index is 11.2. The normalized spacial score (nSPS) is 10.7. The van der Waals surface area contributed by atoms with Crippen LogP contribution in [0.1, 0.15) is 23.8 Å². The molecule has 0 spiro atoms. The first kappa shape index (κ1) is 14.3. The van der Waals surface area contributed by atoms with E-state index in [-0.39, 0.29) is 12.3 Å². The van der Waals surface area contributed by atoms with Gasteiger partial charge in [0.15, 0.2) is 5.69 Å². The molecule has 0 saturated carbocycles. The summed E-state index contributed by atoms with van der Waals surface area (Å²) >= 11 is 0. The first-order valence-electron chi connectivity index (χ1n) is 6.66. The number of hydrogen-bond donors (Lipinski definition) is 2. The van der Waals surface area contributed by atoms with Gasteiger partial charge in [0, 0.05) is 25.1 Å². The lowest BCUT2D eigenvalue weighted by atomic mass is 10.1. The number of fused-ring (bicyclic) bond motifs is 1. The molecule has 2 aromatic rings. The molecule has 0 saturated heterocycles. The molecular weight excluding hydrogens is 256 g/mol. The van der Waals surface area contributed by atoms with Crippen LogP contribution in [0.3, 0.4) is 0 Å². The number of aliphatic hydroxyl groups is 1. The summed E-state index contributed by atoms with van der Waals surface area (Å²) < 4.78 is 0. The van der Waals surface area contributed by atoms with E-state index in [1.165, 1.54) is 0 Å². The number of benzene rings is 1. The lowest BCUT2D eigenvalue weighted by molar-refractivity contribution is 0.0691. The molecule has 0 radical (unpaired) electrons. The third-order valence-electron chi connectivity index (χ3n) is 3.21. The molecule has 0 aliphatic carbocycles. The molecule has 0 unspecified atom stereocenters. The molecule has 20 heavy (non-hydrogen) atoms. The number of nitrogens with zero attached hydrogens (tertiary/aromatic N) is 2. The van der Waals surface area contributed by atoms with Gasteiger partial charge in [-0.1, -0.05) is 24.3 Å². The van der Waals surface area contributed by atoms with E-state index in [1.807, 2.05) is 36.1 Å². The van der Waals surface area contributed by atoms with Crippen molar-refractivity contribution in [3.8, 4) is 0 Å². The average Bonchev–Trinajstić information content (AvgIpc) is 2.47. The Morgan fingerprint density at radius 2 is 2.10 bits per heavy atom. The number of rotatable bonds is 6. The van der Waals surface area contributed by atoms with Gasteiger partial charge < -0.3 is 15.1 Å². The van der Waals surface area contributed by atoms with Gasteiger partial charge in [-0.05, 0) is 24.8 Å². The van der Waals surface area contributed by atoms with Crippen molar-refractivity contribution in [2.45, 2.75) is 13.3 Å². The van der Waals surface area contributed by atoms with E-state index in [0.717, 1.165) is 10.8 Å². The number of pyridine rings is 1. The molecule has 1 heterocycles. The second-order valence-corrected chi connectivity index (χ2v) is 4.51. The third kappa shape index (κ3) is 2.88. The number of carboxylic acids is 1. The largest absolute Gasteiger partial charge is 0.477 e. The van der Waals surface area contributed by atoms with Crippen molar-refractivity contribution < 1.29 is 15.0 Å². The number of aliphatic hydroxyl groups excluding tert-OH is 1. The number of aromatic nitrogens is 1. The minimum Gasteiger partial charge on any atom is -0.477 e. The van der Waals surface area contributed by atoms with Crippen molar-refractivity contribution in [3.63, 3.8) is 0 Å². The van der Waals surface area contributed by atoms with Crippen molar-refractivity contribution in [2.75, 3.05) is 24.6 Å². The summed E-state index contributed by atoms with van der Waals surface area (Å²) in [6.45, 7) is 3.45. The Morgan fingerprint density at radius 3 is 2.75 bits per heavy atom. The van der Waals surface area contributed by atoms with Gasteiger partial charge in [-0.15, -0.1) is 0 Å². The average molecular weight is 274 g/mol. The maximum absolute atomic E-state index is 11.2. The van der Waals surface area contributed by atoms with Crippen LogP contribution in [0, 0.1) is 0 Å². The summed E-state index contributed by atoms with van der Waals surface area (Å²) in [6, 6.07) is 9.19. The second kappa shape index (κ2) is 6.34. The van der Waals surface area contributed by atoms with Crippen molar-refractivity contribution in [3.05, 3.63) is 36.0 Å². The van der Waals surface area contributed by atoms with Crippen molar-refractivity contribution in [1.29, 1.82) is 0 Å². The Bertz CT molecular complexity index is 613. The summed E-state index contributed by atoms with van der Waals surface area (Å²) in [5.41, 5.74) is 0.0427. The van der Waals surface area contributed by atoms with Gasteiger partial charge in [0.25, 0.3) is 0 Å². The maximum Gasteiger partial charge on any atom is 0.354 e. The standard InChI is InChI=1S/C15H18N2O3/c1-2-17(8-5-9-18)14-12-7-4-3-6-11(12)10-13(16-14)15(19)20/h3-4,6-7,10,18H,2,5,8-9H2,1H3,(H,19,20). The van der Waals surface area contributed by atoms with Gasteiger partial charge in [0.2, 0.25) is 0 Å². The first-order valence-corrected chi connectivity index (χ1v) is 6.66. The molecule has 0 aliphatic heterocycles. The Kier molecular flexibility index (Phi) is 4.53. The van der Waals surface area contributed by atoms with Gasteiger partial charge in [0.1, 0.15) is 5.82 Å². The molecule has 5 nitrogen and oxygen atoms in total.